The predicted molar refractivity (Wildman–Crippen MR) is 93.2 cm³/mol. The Labute approximate surface area is 142 Å². The molecule has 0 spiro atoms. The molecule has 1 atom stereocenters. The van der Waals surface area contributed by atoms with Crippen LogP contribution in [-0.4, -0.2) is 32.3 Å². The monoisotopic (exact) mass is 326 g/mol. The highest BCUT2D eigenvalue weighted by Crippen LogP contribution is 2.19. The molecule has 2 aromatic carbocycles. The first-order valence-corrected chi connectivity index (χ1v) is 8.09. The third-order valence-corrected chi connectivity index (χ3v) is 4.08. The summed E-state index contributed by atoms with van der Waals surface area (Å²) in [5.74, 6) is 0.743. The highest BCUT2D eigenvalue weighted by atomic mass is 16.5. The Balaban J connectivity index is 1.55. The van der Waals surface area contributed by atoms with Crippen LogP contribution >= 0.6 is 0 Å². The maximum atomic E-state index is 12.5. The van der Waals surface area contributed by atoms with Crippen LogP contribution in [0.4, 0.5) is 5.69 Å². The van der Waals surface area contributed by atoms with E-state index in [9.17, 15) is 4.79 Å². The van der Waals surface area contributed by atoms with Gasteiger partial charge in [0.2, 0.25) is 5.91 Å². The fourth-order valence-corrected chi connectivity index (χ4v) is 2.75. The fraction of sp³-hybridized carbons (Fsp3) is 0.316. The molecular weight excluding hydrogens is 304 g/mol. The summed E-state index contributed by atoms with van der Waals surface area (Å²) in [4.78, 5) is 12.5. The molecule has 0 fully saturated rings. The van der Waals surface area contributed by atoms with Crippen molar-refractivity contribution in [2.24, 2.45) is 0 Å². The number of hydrogen-bond donors (Lipinski definition) is 2. The molecule has 0 aliphatic carbocycles. The van der Waals surface area contributed by atoms with Gasteiger partial charge in [-0.3, -0.25) is 4.79 Å². The second-order valence-electron chi connectivity index (χ2n) is 5.76. The summed E-state index contributed by atoms with van der Waals surface area (Å²) >= 11 is 0. The highest BCUT2D eigenvalue weighted by Gasteiger charge is 2.23. The minimum atomic E-state index is -0.211. The van der Waals surface area contributed by atoms with Gasteiger partial charge in [0.25, 0.3) is 0 Å². The second kappa shape index (κ2) is 7.95. The summed E-state index contributed by atoms with van der Waals surface area (Å²) < 4.78 is 10.5. The summed E-state index contributed by atoms with van der Waals surface area (Å²) in [6, 6.07) is 15.4. The molecule has 1 heterocycles. The van der Waals surface area contributed by atoms with Crippen LogP contribution in [0.15, 0.2) is 48.5 Å². The number of carbonyl (C=O) groups excluding carboxylic acids is 1. The van der Waals surface area contributed by atoms with Crippen LogP contribution in [0.3, 0.4) is 0 Å². The van der Waals surface area contributed by atoms with Gasteiger partial charge in [-0.05, 0) is 41.8 Å². The molecular formula is C19H22N2O3. The fourth-order valence-electron chi connectivity index (χ4n) is 2.75. The number of methoxy groups -OCH3 is 1. The molecule has 0 aromatic heterocycles. The molecule has 1 unspecified atom stereocenters. The molecule has 5 nitrogen and oxygen atoms in total. The molecule has 0 saturated heterocycles. The summed E-state index contributed by atoms with van der Waals surface area (Å²) in [6.07, 6.45) is 0.709. The topological polar surface area (TPSA) is 59.6 Å². The van der Waals surface area contributed by atoms with E-state index in [1.54, 1.807) is 7.11 Å². The number of ether oxygens (including phenoxy) is 2. The first kappa shape index (κ1) is 16.5. The summed E-state index contributed by atoms with van der Waals surface area (Å²) in [5, 5.41) is 6.25. The second-order valence-corrected chi connectivity index (χ2v) is 5.76. The van der Waals surface area contributed by atoms with Crippen molar-refractivity contribution in [1.29, 1.82) is 0 Å². The molecule has 5 heteroatoms. The SMILES string of the molecule is COCCOc1ccc(NC(=O)C2Cc3ccccc3CN2)cc1. The highest BCUT2D eigenvalue weighted by molar-refractivity contribution is 5.95. The maximum Gasteiger partial charge on any atom is 0.241 e. The molecule has 0 saturated carbocycles. The number of carbonyl (C=O) groups is 1. The maximum absolute atomic E-state index is 12.5. The lowest BCUT2D eigenvalue weighted by molar-refractivity contribution is -0.118. The quantitative estimate of drug-likeness (QED) is 0.800. The summed E-state index contributed by atoms with van der Waals surface area (Å²) in [6.45, 7) is 1.78. The Morgan fingerprint density at radius 2 is 1.88 bits per heavy atom. The van der Waals surface area contributed by atoms with Crippen molar-refractivity contribution in [2.45, 2.75) is 19.0 Å². The zero-order chi connectivity index (χ0) is 16.8. The van der Waals surface area contributed by atoms with Gasteiger partial charge < -0.3 is 20.1 Å². The largest absolute Gasteiger partial charge is 0.491 e. The molecule has 1 aliphatic heterocycles. The molecule has 126 valence electrons. The number of nitrogens with one attached hydrogen (secondary N) is 2. The van der Waals surface area contributed by atoms with Gasteiger partial charge in [0.1, 0.15) is 12.4 Å². The Morgan fingerprint density at radius 1 is 1.12 bits per heavy atom. The zero-order valence-electron chi connectivity index (χ0n) is 13.7. The van der Waals surface area contributed by atoms with E-state index in [1.165, 1.54) is 11.1 Å². The van der Waals surface area contributed by atoms with Crippen molar-refractivity contribution in [3.05, 3.63) is 59.7 Å². The van der Waals surface area contributed by atoms with Crippen molar-refractivity contribution >= 4 is 11.6 Å². The van der Waals surface area contributed by atoms with Crippen LogP contribution in [-0.2, 0) is 22.5 Å². The first-order chi connectivity index (χ1) is 11.8. The molecule has 1 amide bonds. The minimum Gasteiger partial charge on any atom is -0.491 e. The van der Waals surface area contributed by atoms with Crippen LogP contribution in [0.25, 0.3) is 0 Å². The first-order valence-electron chi connectivity index (χ1n) is 8.09. The molecule has 24 heavy (non-hydrogen) atoms. The van der Waals surface area contributed by atoms with E-state index in [-0.39, 0.29) is 11.9 Å². The van der Waals surface area contributed by atoms with Crippen molar-refractivity contribution in [3.63, 3.8) is 0 Å². The van der Waals surface area contributed by atoms with Gasteiger partial charge in [0, 0.05) is 19.3 Å². The van der Waals surface area contributed by atoms with Crippen molar-refractivity contribution in [3.8, 4) is 5.75 Å². The predicted octanol–water partition coefficient (Wildman–Crippen LogP) is 2.36. The lowest BCUT2D eigenvalue weighted by Gasteiger charge is -2.25. The number of fused-ring (bicyclic) bond motifs is 1. The van der Waals surface area contributed by atoms with Crippen molar-refractivity contribution in [2.75, 3.05) is 25.6 Å². The minimum absolute atomic E-state index is 0.0162. The lowest BCUT2D eigenvalue weighted by Crippen LogP contribution is -2.44. The third-order valence-electron chi connectivity index (χ3n) is 4.08. The van der Waals surface area contributed by atoms with Crippen LogP contribution in [0.2, 0.25) is 0 Å². The van der Waals surface area contributed by atoms with Gasteiger partial charge in [-0.1, -0.05) is 24.3 Å². The van der Waals surface area contributed by atoms with Gasteiger partial charge >= 0.3 is 0 Å². The average Bonchev–Trinajstić information content (AvgIpc) is 2.63. The molecule has 2 aromatic rings. The van der Waals surface area contributed by atoms with E-state index in [0.29, 0.717) is 19.6 Å². The van der Waals surface area contributed by atoms with E-state index in [4.69, 9.17) is 9.47 Å². The molecule has 1 aliphatic rings. The molecule has 0 bridgehead atoms. The van der Waals surface area contributed by atoms with E-state index >= 15 is 0 Å². The van der Waals surface area contributed by atoms with Crippen molar-refractivity contribution in [1.82, 2.24) is 5.32 Å². The normalized spacial score (nSPS) is 16.3. The van der Waals surface area contributed by atoms with Gasteiger partial charge in [-0.25, -0.2) is 0 Å². The summed E-state index contributed by atoms with van der Waals surface area (Å²) in [5.41, 5.74) is 3.26. The Bertz CT molecular complexity index is 685. The Hall–Kier alpha value is -2.37. The van der Waals surface area contributed by atoms with Crippen LogP contribution in [0.5, 0.6) is 5.75 Å². The molecule has 3 rings (SSSR count). The zero-order valence-corrected chi connectivity index (χ0v) is 13.7. The average molecular weight is 326 g/mol. The van der Waals surface area contributed by atoms with E-state index in [1.807, 2.05) is 36.4 Å². The smallest absolute Gasteiger partial charge is 0.241 e. The Morgan fingerprint density at radius 3 is 2.62 bits per heavy atom. The standard InChI is InChI=1S/C19H22N2O3/c1-23-10-11-24-17-8-6-16(7-9-17)21-19(22)18-12-14-4-2-3-5-15(14)13-20-18/h2-9,18,20H,10-13H2,1H3,(H,21,22). The Kier molecular flexibility index (Phi) is 5.46. The van der Waals surface area contributed by atoms with Crippen molar-refractivity contribution < 1.29 is 14.3 Å². The van der Waals surface area contributed by atoms with Gasteiger partial charge in [0.05, 0.1) is 12.6 Å². The number of benzene rings is 2. The van der Waals surface area contributed by atoms with E-state index in [0.717, 1.165) is 18.0 Å². The van der Waals surface area contributed by atoms with E-state index in [2.05, 4.69) is 22.8 Å². The number of amides is 1. The van der Waals surface area contributed by atoms with Gasteiger partial charge in [0.15, 0.2) is 0 Å². The number of anilines is 1. The third kappa shape index (κ3) is 4.13. The molecule has 0 radical (unpaired) electrons. The summed E-state index contributed by atoms with van der Waals surface area (Å²) in [7, 11) is 1.64. The van der Waals surface area contributed by atoms with Crippen LogP contribution in [0, 0.1) is 0 Å². The van der Waals surface area contributed by atoms with Crippen LogP contribution in [0.1, 0.15) is 11.1 Å². The van der Waals surface area contributed by atoms with Crippen LogP contribution < -0.4 is 15.4 Å². The molecule has 2 N–H and O–H groups in total. The van der Waals surface area contributed by atoms with E-state index < -0.39 is 0 Å². The van der Waals surface area contributed by atoms with Gasteiger partial charge in [-0.15, -0.1) is 0 Å². The number of hydrogen-bond acceptors (Lipinski definition) is 4. The van der Waals surface area contributed by atoms with Gasteiger partial charge in [-0.2, -0.15) is 0 Å². The lowest BCUT2D eigenvalue weighted by atomic mass is 9.95. The number of rotatable bonds is 6.